The van der Waals surface area contributed by atoms with Crippen LogP contribution >= 0.6 is 23.5 Å². The van der Waals surface area contributed by atoms with Gasteiger partial charge in [-0.05, 0) is 12.1 Å². The minimum atomic E-state index is -1.47. The smallest absolute Gasteiger partial charge is 0.178 e. The van der Waals surface area contributed by atoms with E-state index in [4.69, 9.17) is 10.5 Å². The van der Waals surface area contributed by atoms with E-state index in [1.165, 1.54) is 0 Å². The normalized spacial score (nSPS) is 12.1. The Morgan fingerprint density at radius 2 is 1.40 bits per heavy atom. The average Bonchev–Trinajstić information content (AvgIpc) is 3.02. The third-order valence-corrected chi connectivity index (χ3v) is 5.40. The first kappa shape index (κ1) is 16.8. The summed E-state index contributed by atoms with van der Waals surface area (Å²) in [4.78, 5) is 7.91. The molecule has 0 radical (unpaired) electrons. The number of rotatable bonds is 1. The zero-order valence-corrected chi connectivity index (χ0v) is 13.5. The van der Waals surface area contributed by atoms with Crippen LogP contribution in [0.1, 0.15) is 17.0 Å². The van der Waals surface area contributed by atoms with Crippen molar-refractivity contribution in [2.75, 3.05) is 0 Å². The van der Waals surface area contributed by atoms with Gasteiger partial charge in [-0.15, -0.1) is 0 Å². The number of halogens is 3. The molecular weight excluding hydrogens is 371 g/mol. The van der Waals surface area contributed by atoms with Gasteiger partial charge in [0.2, 0.25) is 0 Å². The highest BCUT2D eigenvalue weighted by atomic mass is 32.2. The molecule has 0 aliphatic carbocycles. The van der Waals surface area contributed by atoms with Gasteiger partial charge in [0.1, 0.15) is 34.1 Å². The molecule has 0 saturated carbocycles. The Balaban J connectivity index is 2.17. The van der Waals surface area contributed by atoms with E-state index in [2.05, 4.69) is 9.97 Å². The van der Waals surface area contributed by atoms with Crippen LogP contribution in [-0.4, -0.2) is 9.97 Å². The molecule has 2 heterocycles. The van der Waals surface area contributed by atoms with Crippen LogP contribution in [0.3, 0.4) is 0 Å². The van der Waals surface area contributed by atoms with Gasteiger partial charge < -0.3 is 0 Å². The summed E-state index contributed by atoms with van der Waals surface area (Å²) >= 11 is 1.73. The van der Waals surface area contributed by atoms with Gasteiger partial charge in [-0.3, -0.25) is 0 Å². The van der Waals surface area contributed by atoms with E-state index in [9.17, 15) is 18.4 Å². The number of nitrogens with zero attached hydrogens (tertiary/aromatic N) is 5. The van der Waals surface area contributed by atoms with Gasteiger partial charge in [0, 0.05) is 0 Å². The first-order valence-corrected chi connectivity index (χ1v) is 7.99. The zero-order valence-electron chi connectivity index (χ0n) is 11.8. The number of fused-ring (bicyclic) bond motifs is 1. The van der Waals surface area contributed by atoms with Crippen molar-refractivity contribution in [2.24, 2.45) is 0 Å². The second kappa shape index (κ2) is 6.48. The van der Waals surface area contributed by atoms with E-state index in [0.29, 0.717) is 6.07 Å². The highest BCUT2D eigenvalue weighted by Gasteiger charge is 2.29. The number of hydrogen-bond acceptors (Lipinski definition) is 7. The largest absolute Gasteiger partial charge is 0.224 e. The molecule has 0 fully saturated rings. The number of nitriles is 3. The molecule has 2 aromatic rings. The topological polar surface area (TPSA) is 97.1 Å². The van der Waals surface area contributed by atoms with E-state index in [1.807, 2.05) is 0 Å². The molecule has 5 nitrogen and oxygen atoms in total. The summed E-state index contributed by atoms with van der Waals surface area (Å²) in [7, 11) is 0. The lowest BCUT2D eigenvalue weighted by Gasteiger charge is -2.06. The summed E-state index contributed by atoms with van der Waals surface area (Å²) in [5.41, 5.74) is -1.60. The molecule has 1 aromatic heterocycles. The second-order valence-electron chi connectivity index (χ2n) is 4.45. The fourth-order valence-electron chi connectivity index (χ4n) is 1.95. The molecule has 1 aliphatic rings. The number of hydrogen-bond donors (Lipinski definition) is 0. The Bertz CT molecular complexity index is 1030. The van der Waals surface area contributed by atoms with Crippen LogP contribution in [0.5, 0.6) is 0 Å². The van der Waals surface area contributed by atoms with Gasteiger partial charge in [0.05, 0.1) is 15.4 Å². The molecule has 0 spiro atoms. The molecule has 0 saturated heterocycles. The maximum absolute atomic E-state index is 14.0. The summed E-state index contributed by atoms with van der Waals surface area (Å²) in [6.07, 6.45) is 0. The lowest BCUT2D eigenvalue weighted by Crippen LogP contribution is -1.98. The van der Waals surface area contributed by atoms with E-state index in [-0.39, 0.29) is 25.7 Å². The fourth-order valence-corrected chi connectivity index (χ4v) is 4.23. The summed E-state index contributed by atoms with van der Waals surface area (Å²) in [6.45, 7) is 0. The maximum Gasteiger partial charge on any atom is 0.178 e. The standard InChI is InChI=1S/C15H2F3N5S2/c16-7-1-2-8(17)12(18)11(7)6(3-19)15-24-13-14(25-15)23-10(5-21)9(4-20)22-13/h1-2H. The number of aromatic nitrogens is 2. The van der Waals surface area contributed by atoms with E-state index >= 15 is 0 Å². The van der Waals surface area contributed by atoms with Crippen molar-refractivity contribution in [2.45, 2.75) is 10.1 Å². The predicted molar refractivity (Wildman–Crippen MR) is 82.0 cm³/mol. The van der Waals surface area contributed by atoms with Gasteiger partial charge >= 0.3 is 0 Å². The average molecular weight is 373 g/mol. The summed E-state index contributed by atoms with van der Waals surface area (Å²) in [6, 6.07) is 6.46. The summed E-state index contributed by atoms with van der Waals surface area (Å²) in [5, 5.41) is 27.7. The quantitative estimate of drug-likeness (QED) is 0.555. The number of benzene rings is 1. The highest BCUT2D eigenvalue weighted by Crippen LogP contribution is 2.52. The Kier molecular flexibility index (Phi) is 4.37. The summed E-state index contributed by atoms with van der Waals surface area (Å²) in [5.74, 6) is -3.85. The Morgan fingerprint density at radius 1 is 0.880 bits per heavy atom. The van der Waals surface area contributed by atoms with Crippen LogP contribution < -0.4 is 0 Å². The Morgan fingerprint density at radius 3 is 1.88 bits per heavy atom. The third kappa shape index (κ3) is 2.80. The first-order chi connectivity index (χ1) is 12.0. The highest BCUT2D eigenvalue weighted by molar-refractivity contribution is 8.24. The van der Waals surface area contributed by atoms with Gasteiger partial charge in [-0.1, -0.05) is 23.5 Å². The number of thioether (sulfide) groups is 2. The fraction of sp³-hybridized carbons (Fsp3) is 0. The van der Waals surface area contributed by atoms with Gasteiger partial charge in [-0.2, -0.15) is 15.8 Å². The lowest BCUT2D eigenvalue weighted by atomic mass is 10.1. The van der Waals surface area contributed by atoms with E-state index < -0.39 is 28.6 Å². The number of allylic oxidation sites excluding steroid dienone is 1. The van der Waals surface area contributed by atoms with Crippen molar-refractivity contribution in [1.29, 1.82) is 15.8 Å². The predicted octanol–water partition coefficient (Wildman–Crippen LogP) is 3.73. The molecular formula is C15H2F3N5S2. The van der Waals surface area contributed by atoms with Crippen LogP contribution in [0.2, 0.25) is 0 Å². The van der Waals surface area contributed by atoms with Gasteiger partial charge in [0.25, 0.3) is 0 Å². The lowest BCUT2D eigenvalue weighted by molar-refractivity contribution is 0.491. The molecule has 3 rings (SSSR count). The van der Waals surface area contributed by atoms with Crippen LogP contribution in [0.25, 0.3) is 5.57 Å². The molecule has 10 heteroatoms. The maximum atomic E-state index is 14.0. The summed E-state index contributed by atoms with van der Waals surface area (Å²) < 4.78 is 41.5. The Labute approximate surface area is 147 Å². The van der Waals surface area contributed by atoms with Crippen molar-refractivity contribution < 1.29 is 13.2 Å². The zero-order chi connectivity index (χ0) is 18.1. The minimum absolute atomic E-state index is 0.125. The van der Waals surface area contributed by atoms with Crippen molar-refractivity contribution in [3.8, 4) is 18.2 Å². The Hall–Kier alpha value is -3.00. The third-order valence-electron chi connectivity index (χ3n) is 3.03. The second-order valence-corrected chi connectivity index (χ2v) is 6.71. The van der Waals surface area contributed by atoms with Crippen LogP contribution in [0.4, 0.5) is 13.2 Å². The van der Waals surface area contributed by atoms with Crippen molar-refractivity contribution in [3.63, 3.8) is 0 Å². The van der Waals surface area contributed by atoms with Crippen LogP contribution in [0, 0.1) is 51.4 Å². The molecule has 120 valence electrons. The van der Waals surface area contributed by atoms with Gasteiger partial charge in [0.15, 0.2) is 23.0 Å². The van der Waals surface area contributed by atoms with Gasteiger partial charge in [-0.25, -0.2) is 23.1 Å². The molecule has 0 amide bonds. The molecule has 1 aromatic carbocycles. The first-order valence-electron chi connectivity index (χ1n) is 6.36. The van der Waals surface area contributed by atoms with E-state index in [1.54, 1.807) is 18.2 Å². The molecule has 25 heavy (non-hydrogen) atoms. The van der Waals surface area contributed by atoms with Crippen molar-refractivity contribution in [1.82, 2.24) is 9.97 Å². The molecule has 1 aliphatic heterocycles. The minimum Gasteiger partial charge on any atom is -0.224 e. The molecule has 0 unspecified atom stereocenters. The molecule has 0 N–H and O–H groups in total. The van der Waals surface area contributed by atoms with Crippen molar-refractivity contribution >= 4 is 29.1 Å². The van der Waals surface area contributed by atoms with Crippen LogP contribution in [-0.2, 0) is 0 Å². The monoisotopic (exact) mass is 373 g/mol. The SMILES string of the molecule is N#CC(=C1Sc2nc(C#N)c(C#N)nc2S1)c1c(F)ccc(F)c1F. The van der Waals surface area contributed by atoms with Crippen LogP contribution in [0.15, 0.2) is 26.4 Å². The molecule has 0 atom stereocenters. The van der Waals surface area contributed by atoms with E-state index in [0.717, 1.165) is 29.6 Å². The molecule has 0 bridgehead atoms. The van der Waals surface area contributed by atoms with Crippen molar-refractivity contribution in [3.05, 3.63) is 50.8 Å².